The van der Waals surface area contributed by atoms with Crippen LogP contribution in [0.4, 0.5) is 5.69 Å². The number of hydrazone groups is 1. The summed E-state index contributed by atoms with van der Waals surface area (Å²) < 4.78 is 30.3. The number of anilines is 1. The van der Waals surface area contributed by atoms with Crippen LogP contribution < -0.4 is 14.5 Å². The van der Waals surface area contributed by atoms with Gasteiger partial charge >= 0.3 is 0 Å². The van der Waals surface area contributed by atoms with Crippen LogP contribution in [0.1, 0.15) is 30.9 Å². The second-order valence-corrected chi connectivity index (χ2v) is 8.49. The van der Waals surface area contributed by atoms with Crippen LogP contribution in [0.5, 0.6) is 5.75 Å². The Morgan fingerprint density at radius 2 is 1.89 bits per heavy atom. The standard InChI is InChI=1S/C20H25N3O4S/c1-15(2)17-10-8-16(9-11-17)13-21-22-20(24)14-23(28(4,25)26)18-6-5-7-19(12-18)27-3/h5-13,15H,14H2,1-4H3,(H,22,24)/b21-13-. The van der Waals surface area contributed by atoms with E-state index in [1.165, 1.54) is 18.9 Å². The first kappa shape index (κ1) is 21.4. The maximum atomic E-state index is 12.2. The molecule has 0 saturated carbocycles. The summed E-state index contributed by atoms with van der Waals surface area (Å²) in [5.41, 5.74) is 4.74. The average Bonchev–Trinajstić information content (AvgIpc) is 2.65. The highest BCUT2D eigenvalue weighted by Gasteiger charge is 2.21. The Balaban J connectivity index is 2.05. The largest absolute Gasteiger partial charge is 0.497 e. The van der Waals surface area contributed by atoms with Gasteiger partial charge in [0.1, 0.15) is 12.3 Å². The maximum absolute atomic E-state index is 12.2. The van der Waals surface area contributed by atoms with Gasteiger partial charge in [-0.3, -0.25) is 9.10 Å². The van der Waals surface area contributed by atoms with Gasteiger partial charge in [-0.15, -0.1) is 0 Å². The van der Waals surface area contributed by atoms with Gasteiger partial charge in [-0.25, -0.2) is 13.8 Å². The fourth-order valence-electron chi connectivity index (χ4n) is 2.48. The zero-order valence-corrected chi connectivity index (χ0v) is 17.2. The number of hydrogen-bond donors (Lipinski definition) is 1. The lowest BCUT2D eigenvalue weighted by atomic mass is 10.0. The van der Waals surface area contributed by atoms with Crippen molar-refractivity contribution >= 4 is 27.8 Å². The highest BCUT2D eigenvalue weighted by atomic mass is 32.2. The molecule has 0 bridgehead atoms. The molecule has 0 unspecified atom stereocenters. The summed E-state index contributed by atoms with van der Waals surface area (Å²) in [5, 5.41) is 3.91. The van der Waals surface area contributed by atoms with Crippen LogP contribution in [0.3, 0.4) is 0 Å². The highest BCUT2D eigenvalue weighted by Crippen LogP contribution is 2.22. The molecule has 0 saturated heterocycles. The van der Waals surface area contributed by atoms with E-state index in [1.54, 1.807) is 24.3 Å². The molecule has 1 N–H and O–H groups in total. The molecule has 0 spiro atoms. The molecular formula is C20H25N3O4S. The summed E-state index contributed by atoms with van der Waals surface area (Å²) in [6.07, 6.45) is 2.55. The molecule has 1 amide bonds. The van der Waals surface area contributed by atoms with E-state index < -0.39 is 22.5 Å². The predicted molar refractivity (Wildman–Crippen MR) is 111 cm³/mol. The SMILES string of the molecule is COc1cccc(N(CC(=O)N/N=C\c2ccc(C(C)C)cc2)S(C)(=O)=O)c1. The predicted octanol–water partition coefficient (Wildman–Crippen LogP) is 2.73. The van der Waals surface area contributed by atoms with Crippen molar-refractivity contribution in [3.8, 4) is 5.75 Å². The number of rotatable bonds is 8. The van der Waals surface area contributed by atoms with Gasteiger partial charge in [-0.2, -0.15) is 5.10 Å². The quantitative estimate of drug-likeness (QED) is 0.542. The summed E-state index contributed by atoms with van der Waals surface area (Å²) in [6.45, 7) is 3.83. The van der Waals surface area contributed by atoms with Crippen molar-refractivity contribution in [2.45, 2.75) is 19.8 Å². The van der Waals surface area contributed by atoms with Gasteiger partial charge in [0.05, 0.1) is 25.3 Å². The number of nitrogens with zero attached hydrogens (tertiary/aromatic N) is 2. The van der Waals surface area contributed by atoms with E-state index in [2.05, 4.69) is 24.4 Å². The lowest BCUT2D eigenvalue weighted by Gasteiger charge is -2.21. The van der Waals surface area contributed by atoms with Gasteiger partial charge in [-0.05, 0) is 29.2 Å². The molecule has 0 heterocycles. The Morgan fingerprint density at radius 3 is 2.46 bits per heavy atom. The third-order valence-corrected chi connectivity index (χ3v) is 5.18. The molecule has 8 heteroatoms. The van der Waals surface area contributed by atoms with Crippen molar-refractivity contribution < 1.29 is 17.9 Å². The smallest absolute Gasteiger partial charge is 0.260 e. The van der Waals surface area contributed by atoms with Crippen LogP contribution in [0.25, 0.3) is 0 Å². The molecule has 0 aromatic heterocycles. The first-order chi connectivity index (χ1) is 13.2. The molecular weight excluding hydrogens is 378 g/mol. The minimum Gasteiger partial charge on any atom is -0.497 e. The summed E-state index contributed by atoms with van der Waals surface area (Å²) in [5.74, 6) is 0.377. The number of carbonyl (C=O) groups excluding carboxylic acids is 1. The molecule has 2 aromatic carbocycles. The van der Waals surface area contributed by atoms with Crippen molar-refractivity contribution in [3.05, 3.63) is 59.7 Å². The Bertz CT molecular complexity index is 938. The Labute approximate surface area is 166 Å². The van der Waals surface area contributed by atoms with Crippen molar-refractivity contribution in [2.24, 2.45) is 5.10 Å². The lowest BCUT2D eigenvalue weighted by molar-refractivity contribution is -0.119. The van der Waals surface area contributed by atoms with E-state index in [9.17, 15) is 13.2 Å². The summed E-state index contributed by atoms with van der Waals surface area (Å²) in [7, 11) is -2.18. The van der Waals surface area contributed by atoms with Crippen LogP contribution >= 0.6 is 0 Å². The Hall–Kier alpha value is -2.87. The third kappa shape index (κ3) is 6.09. The molecule has 0 radical (unpaired) electrons. The number of ether oxygens (including phenoxy) is 1. The first-order valence-electron chi connectivity index (χ1n) is 8.74. The zero-order valence-electron chi connectivity index (χ0n) is 16.4. The van der Waals surface area contributed by atoms with E-state index in [1.807, 2.05) is 24.3 Å². The van der Waals surface area contributed by atoms with Crippen LogP contribution in [0.2, 0.25) is 0 Å². The van der Waals surface area contributed by atoms with Crippen molar-refractivity contribution in [1.82, 2.24) is 5.43 Å². The van der Waals surface area contributed by atoms with Crippen molar-refractivity contribution in [1.29, 1.82) is 0 Å². The number of methoxy groups -OCH3 is 1. The van der Waals surface area contributed by atoms with Gasteiger partial charge in [0.25, 0.3) is 5.91 Å². The third-order valence-electron chi connectivity index (χ3n) is 4.03. The summed E-state index contributed by atoms with van der Waals surface area (Å²) in [4.78, 5) is 12.2. The summed E-state index contributed by atoms with van der Waals surface area (Å²) in [6, 6.07) is 14.3. The van der Waals surface area contributed by atoms with Crippen LogP contribution in [-0.2, 0) is 14.8 Å². The molecule has 2 rings (SSSR count). The van der Waals surface area contributed by atoms with Gasteiger partial charge < -0.3 is 4.74 Å². The maximum Gasteiger partial charge on any atom is 0.260 e. The van der Waals surface area contributed by atoms with E-state index in [0.717, 1.165) is 16.1 Å². The van der Waals surface area contributed by atoms with Gasteiger partial charge in [0.2, 0.25) is 10.0 Å². The first-order valence-corrected chi connectivity index (χ1v) is 10.6. The van der Waals surface area contributed by atoms with Crippen molar-refractivity contribution in [2.75, 3.05) is 24.2 Å². The van der Waals surface area contributed by atoms with Gasteiger partial charge in [0.15, 0.2) is 0 Å². The molecule has 150 valence electrons. The molecule has 0 fully saturated rings. The van der Waals surface area contributed by atoms with Gasteiger partial charge in [-0.1, -0.05) is 44.2 Å². The minimum atomic E-state index is -3.66. The average molecular weight is 404 g/mol. The molecule has 0 atom stereocenters. The second kappa shape index (κ2) is 9.36. The number of hydrogen-bond acceptors (Lipinski definition) is 5. The monoisotopic (exact) mass is 403 g/mol. The molecule has 0 aliphatic rings. The van der Waals surface area contributed by atoms with Gasteiger partial charge in [0, 0.05) is 6.07 Å². The van der Waals surface area contributed by atoms with Crippen molar-refractivity contribution in [3.63, 3.8) is 0 Å². The molecule has 28 heavy (non-hydrogen) atoms. The fourth-order valence-corrected chi connectivity index (χ4v) is 3.33. The number of nitrogens with one attached hydrogen (secondary N) is 1. The van der Waals surface area contributed by atoms with E-state index >= 15 is 0 Å². The Kier molecular flexibility index (Phi) is 7.17. The van der Waals surface area contributed by atoms with Crippen LogP contribution in [0.15, 0.2) is 53.6 Å². The van der Waals surface area contributed by atoms with Crippen LogP contribution in [-0.4, -0.2) is 40.4 Å². The molecule has 0 aliphatic carbocycles. The van der Waals surface area contributed by atoms with E-state index in [0.29, 0.717) is 17.4 Å². The van der Waals surface area contributed by atoms with E-state index in [4.69, 9.17) is 4.74 Å². The van der Waals surface area contributed by atoms with E-state index in [-0.39, 0.29) is 0 Å². The lowest BCUT2D eigenvalue weighted by Crippen LogP contribution is -2.39. The normalized spacial score (nSPS) is 11.6. The van der Waals surface area contributed by atoms with Crippen LogP contribution in [0, 0.1) is 0 Å². The summed E-state index contributed by atoms with van der Waals surface area (Å²) >= 11 is 0. The number of sulfonamides is 1. The number of amides is 1. The molecule has 2 aromatic rings. The fraction of sp³-hybridized carbons (Fsp3) is 0.300. The number of benzene rings is 2. The molecule has 0 aliphatic heterocycles. The number of carbonyl (C=O) groups is 1. The minimum absolute atomic E-state index is 0.338. The second-order valence-electron chi connectivity index (χ2n) is 6.59. The topological polar surface area (TPSA) is 88.1 Å². The highest BCUT2D eigenvalue weighted by molar-refractivity contribution is 7.92. The zero-order chi connectivity index (χ0) is 20.7. The molecule has 7 nitrogen and oxygen atoms in total. The Morgan fingerprint density at radius 1 is 1.21 bits per heavy atom.